The van der Waals surface area contributed by atoms with Crippen LogP contribution < -0.4 is 10.2 Å². The van der Waals surface area contributed by atoms with Gasteiger partial charge < -0.3 is 29.5 Å². The standard InChI is InChI=1S/C37H51F2N9O4/c1-36(2,3)52-35(50)45-16-11-37(12-17-45)9-4-24(5-10-37)20-44-13-6-25(7-14-44)48-22-29(31(43-48)32(38)39)41-34(49)28-19-40-47-15-8-30(42-33(28)47)46-21-27-18-26(46)23-51-27/h8,15,19,22,24-27,32H,4-7,9-14,16-18,20-21,23H2,1-3H3,(H,41,49)/t26-,27-/m1/s1. The minimum absolute atomic E-state index is 0.0139. The third kappa shape index (κ3) is 7.22. The molecule has 1 spiro atoms. The van der Waals surface area contributed by atoms with E-state index >= 15 is 0 Å². The summed E-state index contributed by atoms with van der Waals surface area (Å²) < 4.78 is 42.9. The molecule has 0 unspecified atom stereocenters. The van der Waals surface area contributed by atoms with Crippen LogP contribution in [0.4, 0.5) is 25.1 Å². The third-order valence-corrected chi connectivity index (χ3v) is 12.1. The van der Waals surface area contributed by atoms with Crippen LogP contribution in [0.25, 0.3) is 5.65 Å². The summed E-state index contributed by atoms with van der Waals surface area (Å²) in [7, 11) is 0. The van der Waals surface area contributed by atoms with Crippen LogP contribution in [0.2, 0.25) is 0 Å². The summed E-state index contributed by atoms with van der Waals surface area (Å²) in [6.07, 6.45) is 11.4. The highest BCUT2D eigenvalue weighted by Gasteiger charge is 2.41. The predicted molar refractivity (Wildman–Crippen MR) is 190 cm³/mol. The number of ether oxygens (including phenoxy) is 2. The van der Waals surface area contributed by atoms with Gasteiger partial charge in [0.15, 0.2) is 11.3 Å². The van der Waals surface area contributed by atoms with Crippen LogP contribution in [-0.2, 0) is 9.47 Å². The summed E-state index contributed by atoms with van der Waals surface area (Å²) in [6, 6.07) is 2.11. The van der Waals surface area contributed by atoms with E-state index in [0.29, 0.717) is 23.6 Å². The van der Waals surface area contributed by atoms with E-state index in [1.165, 1.54) is 36.4 Å². The number of carbonyl (C=O) groups excluding carboxylic acids is 2. The molecule has 1 saturated carbocycles. The molecule has 2 amide bonds. The maximum Gasteiger partial charge on any atom is 0.410 e. The summed E-state index contributed by atoms with van der Waals surface area (Å²) in [5.41, 5.74) is 0.0299. The number of halogens is 2. The lowest BCUT2D eigenvalue weighted by atomic mass is 9.65. The highest BCUT2D eigenvalue weighted by Crippen LogP contribution is 2.47. The molecule has 0 radical (unpaired) electrons. The first-order chi connectivity index (χ1) is 24.9. The van der Waals surface area contributed by atoms with Crippen LogP contribution in [0.5, 0.6) is 0 Å². The van der Waals surface area contributed by atoms with Crippen LogP contribution in [0.3, 0.4) is 0 Å². The van der Waals surface area contributed by atoms with Crippen molar-refractivity contribution in [2.24, 2.45) is 11.3 Å². The number of rotatable bonds is 7. The number of hydrogen-bond donors (Lipinski definition) is 1. The van der Waals surface area contributed by atoms with Gasteiger partial charge in [-0.05, 0) is 96.0 Å². The second kappa shape index (κ2) is 13.9. The fraction of sp³-hybridized carbons (Fsp3) is 0.703. The topological polar surface area (TPSA) is 122 Å². The zero-order chi connectivity index (χ0) is 36.2. The van der Waals surface area contributed by atoms with E-state index in [4.69, 9.17) is 14.5 Å². The largest absolute Gasteiger partial charge is 0.444 e. The first-order valence-electron chi connectivity index (χ1n) is 19.0. The van der Waals surface area contributed by atoms with Crippen molar-refractivity contribution in [1.82, 2.24) is 34.2 Å². The smallest absolute Gasteiger partial charge is 0.410 e. The van der Waals surface area contributed by atoms with E-state index < -0.39 is 23.6 Å². The second-order valence-corrected chi connectivity index (χ2v) is 16.7. The molecule has 282 valence electrons. The van der Waals surface area contributed by atoms with Crippen molar-refractivity contribution >= 4 is 29.2 Å². The first-order valence-corrected chi connectivity index (χ1v) is 19.0. The van der Waals surface area contributed by atoms with Gasteiger partial charge >= 0.3 is 6.09 Å². The minimum Gasteiger partial charge on any atom is -0.444 e. The number of morpholine rings is 1. The van der Waals surface area contributed by atoms with Crippen molar-refractivity contribution in [2.75, 3.05) is 56.1 Å². The van der Waals surface area contributed by atoms with Crippen LogP contribution in [0.15, 0.2) is 24.7 Å². The molecule has 3 aromatic rings. The summed E-state index contributed by atoms with van der Waals surface area (Å²) in [6.45, 7) is 11.5. The number of carbonyl (C=O) groups is 2. The molecular formula is C37H51F2N9O4. The van der Waals surface area contributed by atoms with Crippen molar-refractivity contribution in [1.29, 1.82) is 0 Å². The van der Waals surface area contributed by atoms with E-state index in [0.717, 1.165) is 77.2 Å². The van der Waals surface area contributed by atoms with E-state index in [-0.39, 0.29) is 35.5 Å². The zero-order valence-corrected chi connectivity index (χ0v) is 30.5. The van der Waals surface area contributed by atoms with Gasteiger partial charge in [0.2, 0.25) is 0 Å². The van der Waals surface area contributed by atoms with Gasteiger partial charge in [-0.3, -0.25) is 9.48 Å². The molecule has 52 heavy (non-hydrogen) atoms. The predicted octanol–water partition coefficient (Wildman–Crippen LogP) is 5.94. The summed E-state index contributed by atoms with van der Waals surface area (Å²) >= 11 is 0. The molecule has 8 rings (SSSR count). The van der Waals surface area contributed by atoms with Gasteiger partial charge in [0.25, 0.3) is 12.3 Å². The molecule has 5 fully saturated rings. The van der Waals surface area contributed by atoms with Gasteiger partial charge in [0.1, 0.15) is 17.0 Å². The average molecular weight is 724 g/mol. The molecule has 13 nitrogen and oxygen atoms in total. The molecule has 0 aromatic carbocycles. The van der Waals surface area contributed by atoms with E-state index in [2.05, 4.69) is 25.3 Å². The van der Waals surface area contributed by atoms with Gasteiger partial charge in [-0.1, -0.05) is 0 Å². The number of aromatic nitrogens is 5. The molecular weight excluding hydrogens is 672 g/mol. The van der Waals surface area contributed by atoms with Gasteiger partial charge in [-0.25, -0.2) is 23.1 Å². The van der Waals surface area contributed by atoms with E-state index in [1.807, 2.05) is 31.7 Å². The summed E-state index contributed by atoms with van der Waals surface area (Å²) in [4.78, 5) is 37.3. The first kappa shape index (κ1) is 35.2. The number of alkyl halides is 2. The number of fused-ring (bicyclic) bond motifs is 3. The molecule has 2 atom stereocenters. The van der Waals surface area contributed by atoms with Crippen molar-refractivity contribution in [3.63, 3.8) is 0 Å². The molecule has 15 heteroatoms. The Kier molecular flexibility index (Phi) is 9.37. The van der Waals surface area contributed by atoms with Crippen molar-refractivity contribution in [2.45, 2.75) is 109 Å². The number of hydrogen-bond acceptors (Lipinski definition) is 9. The van der Waals surface area contributed by atoms with Crippen molar-refractivity contribution in [3.8, 4) is 0 Å². The van der Waals surface area contributed by atoms with Crippen LogP contribution in [-0.4, -0.2) is 110 Å². The lowest BCUT2D eigenvalue weighted by molar-refractivity contribution is -0.000377. The molecule has 7 heterocycles. The number of nitrogens with zero attached hydrogens (tertiary/aromatic N) is 8. The van der Waals surface area contributed by atoms with Crippen LogP contribution >= 0.6 is 0 Å². The molecule has 1 aliphatic carbocycles. The Balaban J connectivity index is 0.838. The Labute approximate surface area is 303 Å². The van der Waals surface area contributed by atoms with Crippen molar-refractivity contribution in [3.05, 3.63) is 35.9 Å². The number of likely N-dealkylation sites (tertiary alicyclic amines) is 2. The fourth-order valence-electron chi connectivity index (χ4n) is 9.09. The highest BCUT2D eigenvalue weighted by molar-refractivity contribution is 6.08. The average Bonchev–Trinajstić information content (AvgIpc) is 3.93. The van der Waals surface area contributed by atoms with Gasteiger partial charge in [-0.2, -0.15) is 10.2 Å². The molecule has 1 N–H and O–H groups in total. The number of piperidine rings is 2. The Hall–Kier alpha value is -3.85. The molecule has 4 aliphatic heterocycles. The lowest BCUT2D eigenvalue weighted by Crippen LogP contribution is -2.47. The Bertz CT molecular complexity index is 1760. The number of amides is 2. The third-order valence-electron chi connectivity index (χ3n) is 12.1. The molecule has 2 bridgehead atoms. The van der Waals surface area contributed by atoms with Gasteiger partial charge in [0.05, 0.1) is 36.7 Å². The van der Waals surface area contributed by atoms with Crippen LogP contribution in [0.1, 0.15) is 107 Å². The number of anilines is 2. The van der Waals surface area contributed by atoms with E-state index in [1.54, 1.807) is 17.1 Å². The number of nitrogens with one attached hydrogen (secondary N) is 1. The van der Waals surface area contributed by atoms with Gasteiger partial charge in [0, 0.05) is 51.7 Å². The molecule has 4 saturated heterocycles. The maximum atomic E-state index is 14.2. The Morgan fingerprint density at radius 3 is 2.46 bits per heavy atom. The molecule has 5 aliphatic rings. The zero-order valence-electron chi connectivity index (χ0n) is 30.5. The lowest BCUT2D eigenvalue weighted by Gasteiger charge is -2.46. The van der Waals surface area contributed by atoms with E-state index in [9.17, 15) is 18.4 Å². The van der Waals surface area contributed by atoms with Gasteiger partial charge in [-0.15, -0.1) is 0 Å². The Morgan fingerprint density at radius 1 is 1.06 bits per heavy atom. The summed E-state index contributed by atoms with van der Waals surface area (Å²) in [5, 5.41) is 11.3. The monoisotopic (exact) mass is 723 g/mol. The fourth-order valence-corrected chi connectivity index (χ4v) is 9.09. The maximum absolute atomic E-state index is 14.2. The quantitative estimate of drug-likeness (QED) is 0.316. The minimum atomic E-state index is -2.84. The SMILES string of the molecule is CC(C)(C)OC(=O)N1CCC2(CCC(CN3CCC(n4cc(NC(=O)c5cnn6ccc(N7C[C@H]8C[C@@H]7CO8)nc56)c(C(F)F)n4)CC3)CC2)CC1. The van der Waals surface area contributed by atoms with Crippen LogP contribution in [0, 0.1) is 11.3 Å². The second-order valence-electron chi connectivity index (χ2n) is 16.7. The van der Waals surface area contributed by atoms with Crippen molar-refractivity contribution < 1.29 is 27.8 Å². The normalized spacial score (nSPS) is 24.4. The Morgan fingerprint density at radius 2 is 1.81 bits per heavy atom. The summed E-state index contributed by atoms with van der Waals surface area (Å²) in [5.74, 6) is 0.841. The molecule has 3 aromatic heterocycles. The highest BCUT2D eigenvalue weighted by atomic mass is 19.3.